The van der Waals surface area contributed by atoms with Gasteiger partial charge in [0.15, 0.2) is 5.41 Å². The molecule has 1 aliphatic heterocycles. The summed E-state index contributed by atoms with van der Waals surface area (Å²) in [5.74, 6) is -1.19. The van der Waals surface area contributed by atoms with Crippen LogP contribution in [0.25, 0.3) is 0 Å². The van der Waals surface area contributed by atoms with Crippen LogP contribution >= 0.6 is 0 Å². The van der Waals surface area contributed by atoms with Gasteiger partial charge in [-0.25, -0.2) is 0 Å². The van der Waals surface area contributed by atoms with Gasteiger partial charge in [-0.1, -0.05) is 18.6 Å². The summed E-state index contributed by atoms with van der Waals surface area (Å²) >= 11 is 0. The number of nitrogens with zero attached hydrogens (tertiary/aromatic N) is 1. The van der Waals surface area contributed by atoms with E-state index in [4.69, 9.17) is 14.3 Å². The molecule has 1 aliphatic carbocycles. The van der Waals surface area contributed by atoms with Crippen molar-refractivity contribution in [1.82, 2.24) is 5.06 Å². The molecule has 0 unspecified atom stereocenters. The van der Waals surface area contributed by atoms with Crippen molar-refractivity contribution in [2.45, 2.75) is 104 Å². The van der Waals surface area contributed by atoms with E-state index in [1.54, 1.807) is 13.8 Å². The predicted octanol–water partition coefficient (Wildman–Crippen LogP) is 4.82. The molecule has 2 rings (SSSR count). The minimum absolute atomic E-state index is 0.0448. The highest BCUT2D eigenvalue weighted by Crippen LogP contribution is 2.46. The molecular weight excluding hydrogens is 382 g/mol. The standard InChI is InChI=1S/C24H41NO5/c1-8-28-20(26)24(21(27)29-9-2)17-10-12-19(24)14-13-18(3)30-25-22(4,5)15-11-16-23(25,6)7/h13-14,18-19H,8-12,15-17H2,1-7H3/b14-13+/t18-,19-/m1/s1. The number of esters is 2. The number of carbonyl (C=O) groups excluding carboxylic acids is 2. The van der Waals surface area contributed by atoms with Gasteiger partial charge in [-0.05, 0) is 80.6 Å². The molecule has 2 atom stereocenters. The zero-order valence-electron chi connectivity index (χ0n) is 20.0. The molecule has 1 saturated carbocycles. The fourth-order valence-corrected chi connectivity index (χ4v) is 5.16. The van der Waals surface area contributed by atoms with E-state index in [2.05, 4.69) is 32.8 Å². The summed E-state index contributed by atoms with van der Waals surface area (Å²) < 4.78 is 10.6. The van der Waals surface area contributed by atoms with Gasteiger partial charge in [0.25, 0.3) is 0 Å². The van der Waals surface area contributed by atoms with Crippen LogP contribution in [0.4, 0.5) is 0 Å². The number of allylic oxidation sites excluding steroid dienone is 1. The summed E-state index contributed by atoms with van der Waals surface area (Å²) in [5.41, 5.74) is -1.33. The lowest BCUT2D eigenvalue weighted by atomic mass is 9.77. The largest absolute Gasteiger partial charge is 0.465 e. The van der Waals surface area contributed by atoms with Gasteiger partial charge >= 0.3 is 11.9 Å². The van der Waals surface area contributed by atoms with Crippen LogP contribution in [0.15, 0.2) is 12.2 Å². The van der Waals surface area contributed by atoms with E-state index < -0.39 is 17.4 Å². The number of hydrogen-bond acceptors (Lipinski definition) is 6. The number of rotatable bonds is 8. The number of hydrogen-bond donors (Lipinski definition) is 0. The number of hydroxylamine groups is 2. The fraction of sp³-hybridized carbons (Fsp3) is 0.833. The molecule has 0 aromatic heterocycles. The molecule has 1 heterocycles. The molecule has 0 N–H and O–H groups in total. The van der Waals surface area contributed by atoms with Crippen molar-refractivity contribution in [3.8, 4) is 0 Å². The van der Waals surface area contributed by atoms with Gasteiger partial charge < -0.3 is 9.47 Å². The summed E-state index contributed by atoms with van der Waals surface area (Å²) in [7, 11) is 0. The first kappa shape index (κ1) is 24.9. The lowest BCUT2D eigenvalue weighted by Gasteiger charge is -2.52. The maximum atomic E-state index is 12.8. The van der Waals surface area contributed by atoms with Crippen molar-refractivity contribution in [2.24, 2.45) is 11.3 Å². The van der Waals surface area contributed by atoms with Crippen LogP contribution in [0.2, 0.25) is 0 Å². The second-order valence-electron chi connectivity index (χ2n) is 9.88. The van der Waals surface area contributed by atoms with Crippen LogP contribution in [0.3, 0.4) is 0 Å². The van der Waals surface area contributed by atoms with Crippen molar-refractivity contribution in [2.75, 3.05) is 13.2 Å². The maximum Gasteiger partial charge on any atom is 0.324 e. The Morgan fingerprint density at radius 2 is 1.50 bits per heavy atom. The van der Waals surface area contributed by atoms with Gasteiger partial charge in [-0.3, -0.25) is 14.4 Å². The third-order valence-corrected chi connectivity index (χ3v) is 6.56. The van der Waals surface area contributed by atoms with Gasteiger partial charge in [-0.15, -0.1) is 0 Å². The van der Waals surface area contributed by atoms with Crippen LogP contribution in [-0.4, -0.2) is 47.4 Å². The molecule has 0 aromatic rings. The Balaban J connectivity index is 2.19. The van der Waals surface area contributed by atoms with Crippen molar-refractivity contribution >= 4 is 11.9 Å². The molecule has 0 aromatic carbocycles. The van der Waals surface area contributed by atoms with E-state index in [-0.39, 0.29) is 36.3 Å². The fourth-order valence-electron chi connectivity index (χ4n) is 5.16. The second kappa shape index (κ2) is 9.82. The van der Waals surface area contributed by atoms with Gasteiger partial charge in [0, 0.05) is 17.0 Å². The van der Waals surface area contributed by atoms with Crippen molar-refractivity contribution in [3.63, 3.8) is 0 Å². The molecule has 172 valence electrons. The van der Waals surface area contributed by atoms with Gasteiger partial charge in [0.2, 0.25) is 0 Å². The first-order valence-electron chi connectivity index (χ1n) is 11.5. The Bertz CT molecular complexity index is 606. The minimum atomic E-state index is -1.24. The number of ether oxygens (including phenoxy) is 2. The van der Waals surface area contributed by atoms with Gasteiger partial charge in [-0.2, -0.15) is 5.06 Å². The third-order valence-electron chi connectivity index (χ3n) is 6.56. The summed E-state index contributed by atoms with van der Waals surface area (Å²) in [5, 5.41) is 2.14. The quantitative estimate of drug-likeness (QED) is 0.317. The van der Waals surface area contributed by atoms with Gasteiger partial charge in [0.1, 0.15) is 0 Å². The second-order valence-corrected chi connectivity index (χ2v) is 9.88. The number of piperidine rings is 1. The first-order chi connectivity index (χ1) is 14.0. The maximum absolute atomic E-state index is 12.8. The molecule has 2 aliphatic rings. The first-order valence-corrected chi connectivity index (χ1v) is 11.5. The monoisotopic (exact) mass is 423 g/mol. The molecule has 0 amide bonds. The normalized spacial score (nSPS) is 26.4. The topological polar surface area (TPSA) is 65.1 Å². The van der Waals surface area contributed by atoms with Crippen molar-refractivity contribution in [1.29, 1.82) is 0 Å². The van der Waals surface area contributed by atoms with Crippen molar-refractivity contribution < 1.29 is 23.9 Å². The SMILES string of the molecule is CCOC(=O)C1(C(=O)OCC)CCC[C@@H]1/C=C/[C@@H](C)ON1C(C)(C)CCCC1(C)C. The Morgan fingerprint density at radius 3 is 2.00 bits per heavy atom. The number of carbonyl (C=O) groups is 2. The summed E-state index contributed by atoms with van der Waals surface area (Å²) in [4.78, 5) is 32.0. The van der Waals surface area contributed by atoms with Crippen molar-refractivity contribution in [3.05, 3.63) is 12.2 Å². The average molecular weight is 424 g/mol. The Hall–Kier alpha value is -1.40. The van der Waals surface area contributed by atoms with E-state index in [0.29, 0.717) is 6.42 Å². The van der Waals surface area contributed by atoms with Crippen LogP contribution in [-0.2, 0) is 23.9 Å². The van der Waals surface area contributed by atoms with Crippen LogP contribution < -0.4 is 0 Å². The minimum Gasteiger partial charge on any atom is -0.465 e. The summed E-state index contributed by atoms with van der Waals surface area (Å²) in [6.45, 7) is 14.9. The molecular formula is C24H41NO5. The highest BCUT2D eigenvalue weighted by molar-refractivity contribution is 6.01. The Labute approximate surface area is 182 Å². The zero-order valence-corrected chi connectivity index (χ0v) is 20.0. The molecule has 2 fully saturated rings. The smallest absolute Gasteiger partial charge is 0.324 e. The van der Waals surface area contributed by atoms with E-state index in [1.165, 1.54) is 6.42 Å². The molecule has 0 radical (unpaired) electrons. The third kappa shape index (κ3) is 5.08. The van der Waals surface area contributed by atoms with E-state index >= 15 is 0 Å². The summed E-state index contributed by atoms with van der Waals surface area (Å²) in [6, 6.07) is 0. The highest BCUT2D eigenvalue weighted by Gasteiger charge is 2.56. The van der Waals surface area contributed by atoms with E-state index in [0.717, 1.165) is 25.7 Å². The zero-order chi connectivity index (χ0) is 22.6. The van der Waals surface area contributed by atoms with Gasteiger partial charge in [0.05, 0.1) is 19.3 Å². The molecule has 0 bridgehead atoms. The van der Waals surface area contributed by atoms with Crippen LogP contribution in [0.1, 0.15) is 87.0 Å². The highest BCUT2D eigenvalue weighted by atomic mass is 16.7. The van der Waals surface area contributed by atoms with Crippen LogP contribution in [0, 0.1) is 11.3 Å². The Kier molecular flexibility index (Phi) is 8.14. The van der Waals surface area contributed by atoms with Crippen LogP contribution in [0.5, 0.6) is 0 Å². The lowest BCUT2D eigenvalue weighted by Crippen LogP contribution is -2.59. The molecule has 30 heavy (non-hydrogen) atoms. The molecule has 0 spiro atoms. The van der Waals surface area contributed by atoms with E-state index in [9.17, 15) is 9.59 Å². The molecule has 1 saturated heterocycles. The summed E-state index contributed by atoms with van der Waals surface area (Å²) in [6.07, 6.45) is 9.13. The van der Waals surface area contributed by atoms with E-state index in [1.807, 2.05) is 19.1 Å². The molecule has 6 heteroatoms. The lowest BCUT2D eigenvalue weighted by molar-refractivity contribution is -0.293. The molecule has 6 nitrogen and oxygen atoms in total. The predicted molar refractivity (Wildman–Crippen MR) is 117 cm³/mol. The average Bonchev–Trinajstić information content (AvgIpc) is 3.08. The Morgan fingerprint density at radius 1 is 0.967 bits per heavy atom.